The molecule has 2 aromatic rings. The Morgan fingerprint density at radius 3 is 2.69 bits per heavy atom. The third kappa shape index (κ3) is 4.64. The number of hydrogen-bond acceptors (Lipinski definition) is 5. The topological polar surface area (TPSA) is 92.3 Å². The van der Waals surface area contributed by atoms with Crippen LogP contribution in [-0.2, 0) is 26.0 Å². The van der Waals surface area contributed by atoms with Crippen molar-refractivity contribution in [3.05, 3.63) is 54.1 Å². The molecule has 0 radical (unpaired) electrons. The summed E-state index contributed by atoms with van der Waals surface area (Å²) in [5.74, 6) is -0.439. The van der Waals surface area contributed by atoms with Crippen molar-refractivity contribution in [2.45, 2.75) is 22.8 Å². The number of fused-ring (bicyclic) bond motifs is 1. The minimum atomic E-state index is -3.61. The summed E-state index contributed by atoms with van der Waals surface area (Å²) in [7, 11) is -3.61. The van der Waals surface area contributed by atoms with Gasteiger partial charge in [0.15, 0.2) is 9.84 Å². The first-order valence-electron chi connectivity index (χ1n) is 8.04. The molecule has 2 N–H and O–H groups in total. The van der Waals surface area contributed by atoms with Crippen LogP contribution in [0, 0.1) is 0 Å². The van der Waals surface area contributed by atoms with Crippen molar-refractivity contribution in [1.82, 2.24) is 5.32 Å². The number of carbonyl (C=O) groups excluding carboxylic acids is 2. The lowest BCUT2D eigenvalue weighted by molar-refractivity contribution is -0.120. The van der Waals surface area contributed by atoms with Gasteiger partial charge in [-0.25, -0.2) is 8.42 Å². The normalized spacial score (nSPS) is 13.6. The number of rotatable bonds is 6. The van der Waals surface area contributed by atoms with Gasteiger partial charge >= 0.3 is 0 Å². The van der Waals surface area contributed by atoms with E-state index in [1.807, 2.05) is 30.3 Å². The summed E-state index contributed by atoms with van der Waals surface area (Å²) >= 11 is 1.37. The molecule has 2 aromatic carbocycles. The molecule has 6 nitrogen and oxygen atoms in total. The van der Waals surface area contributed by atoms with Crippen molar-refractivity contribution in [2.75, 3.05) is 16.8 Å². The second-order valence-electron chi connectivity index (χ2n) is 5.83. The second-order valence-corrected chi connectivity index (χ2v) is 8.95. The van der Waals surface area contributed by atoms with E-state index in [0.29, 0.717) is 18.0 Å². The van der Waals surface area contributed by atoms with Crippen molar-refractivity contribution >= 4 is 39.1 Å². The van der Waals surface area contributed by atoms with Crippen LogP contribution in [0.1, 0.15) is 12.0 Å². The van der Waals surface area contributed by atoms with Crippen molar-refractivity contribution in [3.63, 3.8) is 0 Å². The van der Waals surface area contributed by atoms with E-state index in [0.717, 1.165) is 10.5 Å². The summed E-state index contributed by atoms with van der Waals surface area (Å²) in [6.07, 6.45) is -0.118. The smallest absolute Gasteiger partial charge is 0.234 e. The zero-order chi connectivity index (χ0) is 18.6. The molecule has 136 valence electrons. The Morgan fingerprint density at radius 2 is 1.92 bits per heavy atom. The molecule has 0 unspecified atom stereocenters. The maximum atomic E-state index is 12.5. The second kappa shape index (κ2) is 7.92. The molecule has 0 aliphatic carbocycles. The van der Waals surface area contributed by atoms with Crippen LogP contribution < -0.4 is 10.6 Å². The first-order chi connectivity index (χ1) is 12.4. The quantitative estimate of drug-likeness (QED) is 0.789. The molecule has 1 heterocycles. The van der Waals surface area contributed by atoms with Crippen LogP contribution >= 0.6 is 11.8 Å². The Balaban J connectivity index is 1.59. The van der Waals surface area contributed by atoms with Crippen LogP contribution in [0.15, 0.2) is 58.3 Å². The lowest BCUT2D eigenvalue weighted by Gasteiger charge is -2.17. The lowest BCUT2D eigenvalue weighted by Crippen LogP contribution is -2.25. The van der Waals surface area contributed by atoms with Gasteiger partial charge in [-0.2, -0.15) is 0 Å². The molecule has 26 heavy (non-hydrogen) atoms. The Morgan fingerprint density at radius 1 is 1.15 bits per heavy atom. The third-order valence-electron chi connectivity index (χ3n) is 3.87. The summed E-state index contributed by atoms with van der Waals surface area (Å²) in [5, 5.41) is 5.39. The highest BCUT2D eigenvalue weighted by atomic mass is 32.2. The first kappa shape index (κ1) is 18.5. The van der Waals surface area contributed by atoms with Crippen LogP contribution in [-0.4, -0.2) is 31.7 Å². The number of anilines is 1. The largest absolute Gasteiger partial charge is 0.352 e. The van der Waals surface area contributed by atoms with Gasteiger partial charge in [0.25, 0.3) is 0 Å². The Bertz CT molecular complexity index is 927. The van der Waals surface area contributed by atoms with Crippen LogP contribution in [0.2, 0.25) is 0 Å². The third-order valence-corrected chi connectivity index (χ3v) is 6.66. The fourth-order valence-corrected chi connectivity index (χ4v) is 4.54. The monoisotopic (exact) mass is 390 g/mol. The highest BCUT2D eigenvalue weighted by molar-refractivity contribution is 8.00. The molecule has 0 saturated heterocycles. The summed E-state index contributed by atoms with van der Waals surface area (Å²) in [6, 6.07) is 14.1. The maximum absolute atomic E-state index is 12.5. The highest BCUT2D eigenvalue weighted by Gasteiger charge is 2.21. The number of nitrogens with one attached hydrogen (secondary N) is 2. The van der Waals surface area contributed by atoms with Gasteiger partial charge in [0.2, 0.25) is 11.8 Å². The van der Waals surface area contributed by atoms with Gasteiger partial charge in [0.1, 0.15) is 0 Å². The summed E-state index contributed by atoms with van der Waals surface area (Å²) < 4.78 is 25.0. The minimum absolute atomic E-state index is 0.106. The molecular weight excluding hydrogens is 372 g/mol. The highest BCUT2D eigenvalue weighted by Crippen LogP contribution is 2.33. The average Bonchev–Trinajstić information content (AvgIpc) is 2.65. The number of carbonyl (C=O) groups is 2. The number of benzene rings is 2. The number of amides is 2. The molecule has 1 aliphatic heterocycles. The lowest BCUT2D eigenvalue weighted by atomic mass is 10.2. The summed E-state index contributed by atoms with van der Waals surface area (Å²) in [4.78, 5) is 24.3. The number of thioether (sulfide) groups is 1. The standard InChI is InChI=1S/C18H18N2O4S2/c21-17(19-11-13-4-2-1-3-5-13)8-9-26(23,24)14-6-7-16-15(10-14)20-18(22)12-25-16/h1-7,10H,8-9,11-12H2,(H,19,21)(H,20,22). The molecule has 0 bridgehead atoms. The molecule has 0 atom stereocenters. The molecule has 0 aromatic heterocycles. The molecule has 2 amide bonds. The van der Waals surface area contributed by atoms with E-state index in [2.05, 4.69) is 10.6 Å². The summed E-state index contributed by atoms with van der Waals surface area (Å²) in [6.45, 7) is 0.363. The van der Waals surface area contributed by atoms with E-state index in [-0.39, 0.29) is 28.9 Å². The predicted molar refractivity (Wildman–Crippen MR) is 101 cm³/mol. The molecular formula is C18H18N2O4S2. The Hall–Kier alpha value is -2.32. The molecule has 1 aliphatic rings. The molecule has 3 rings (SSSR count). The van der Waals surface area contributed by atoms with Crippen molar-refractivity contribution in [2.24, 2.45) is 0 Å². The van der Waals surface area contributed by atoms with E-state index in [9.17, 15) is 18.0 Å². The van der Waals surface area contributed by atoms with E-state index >= 15 is 0 Å². The van der Waals surface area contributed by atoms with Gasteiger partial charge < -0.3 is 10.6 Å². The zero-order valence-electron chi connectivity index (χ0n) is 13.9. The van der Waals surface area contributed by atoms with Crippen molar-refractivity contribution in [3.8, 4) is 0 Å². The van der Waals surface area contributed by atoms with E-state index < -0.39 is 9.84 Å². The van der Waals surface area contributed by atoms with Crippen LogP contribution in [0.4, 0.5) is 5.69 Å². The van der Waals surface area contributed by atoms with Gasteiger partial charge in [-0.05, 0) is 23.8 Å². The SMILES string of the molecule is O=C(CCS(=O)(=O)c1ccc2c(c1)NC(=O)CS2)NCc1ccccc1. The van der Waals surface area contributed by atoms with Crippen molar-refractivity contribution in [1.29, 1.82) is 0 Å². The summed E-state index contributed by atoms with van der Waals surface area (Å²) in [5.41, 5.74) is 1.45. The van der Waals surface area contributed by atoms with E-state index in [1.54, 1.807) is 6.07 Å². The fourth-order valence-electron chi connectivity index (χ4n) is 2.49. The van der Waals surface area contributed by atoms with Gasteiger partial charge in [0, 0.05) is 17.9 Å². The van der Waals surface area contributed by atoms with Crippen LogP contribution in [0.5, 0.6) is 0 Å². The van der Waals surface area contributed by atoms with E-state index in [4.69, 9.17) is 0 Å². The Kier molecular flexibility index (Phi) is 5.63. The number of hydrogen-bond donors (Lipinski definition) is 2. The van der Waals surface area contributed by atoms with Crippen LogP contribution in [0.25, 0.3) is 0 Å². The van der Waals surface area contributed by atoms with Crippen LogP contribution in [0.3, 0.4) is 0 Å². The van der Waals surface area contributed by atoms with Gasteiger partial charge in [-0.15, -0.1) is 11.8 Å². The molecule has 0 fully saturated rings. The maximum Gasteiger partial charge on any atom is 0.234 e. The predicted octanol–water partition coefficient (Wildman–Crippen LogP) is 2.21. The minimum Gasteiger partial charge on any atom is -0.352 e. The molecule has 0 spiro atoms. The average molecular weight is 390 g/mol. The molecule has 8 heteroatoms. The van der Waals surface area contributed by atoms with Gasteiger partial charge in [-0.3, -0.25) is 9.59 Å². The van der Waals surface area contributed by atoms with Crippen molar-refractivity contribution < 1.29 is 18.0 Å². The fraction of sp³-hybridized carbons (Fsp3) is 0.222. The molecule has 0 saturated carbocycles. The zero-order valence-corrected chi connectivity index (χ0v) is 15.5. The van der Waals surface area contributed by atoms with Gasteiger partial charge in [0.05, 0.1) is 22.1 Å². The first-order valence-corrected chi connectivity index (χ1v) is 10.7. The number of sulfone groups is 1. The van der Waals surface area contributed by atoms with Gasteiger partial charge in [-0.1, -0.05) is 30.3 Å². The van der Waals surface area contributed by atoms with E-state index in [1.165, 1.54) is 23.9 Å². The Labute approximate surface area is 156 Å².